The summed E-state index contributed by atoms with van der Waals surface area (Å²) in [6.45, 7) is 1.23. The second kappa shape index (κ2) is 4.68. The van der Waals surface area contributed by atoms with Gasteiger partial charge in [0.15, 0.2) is 5.69 Å². The van der Waals surface area contributed by atoms with E-state index in [1.807, 2.05) is 18.2 Å². The fraction of sp³-hybridized carbons (Fsp3) is 0.214. The van der Waals surface area contributed by atoms with E-state index in [9.17, 15) is 9.90 Å². The van der Waals surface area contributed by atoms with Crippen molar-refractivity contribution in [1.82, 2.24) is 14.9 Å². The van der Waals surface area contributed by atoms with Gasteiger partial charge in [-0.2, -0.15) is 0 Å². The van der Waals surface area contributed by atoms with Crippen molar-refractivity contribution in [2.24, 2.45) is 0 Å². The number of pyridine rings is 2. The summed E-state index contributed by atoms with van der Waals surface area (Å²) < 4.78 is 0. The lowest BCUT2D eigenvalue weighted by Gasteiger charge is -2.38. The van der Waals surface area contributed by atoms with Crippen LogP contribution in [0.2, 0.25) is 0 Å². The zero-order chi connectivity index (χ0) is 13.2. The molecule has 5 heteroatoms. The maximum atomic E-state index is 12.1. The Morgan fingerprint density at radius 2 is 1.95 bits per heavy atom. The summed E-state index contributed by atoms with van der Waals surface area (Å²) in [6.07, 6.45) is 3.26. The van der Waals surface area contributed by atoms with Gasteiger partial charge in [-0.15, -0.1) is 0 Å². The normalized spacial score (nSPS) is 15.1. The summed E-state index contributed by atoms with van der Waals surface area (Å²) in [5, 5.41) is 9.61. The van der Waals surface area contributed by atoms with Crippen molar-refractivity contribution in [2.75, 3.05) is 13.1 Å². The number of amides is 1. The summed E-state index contributed by atoms with van der Waals surface area (Å²) in [5.41, 5.74) is 1.11. The van der Waals surface area contributed by atoms with E-state index >= 15 is 0 Å². The molecule has 0 atom stereocenters. The number of likely N-dealkylation sites (tertiary alicyclic amines) is 1. The predicted molar refractivity (Wildman–Crippen MR) is 68.8 cm³/mol. The number of aromatic hydroxyl groups is 1. The summed E-state index contributed by atoms with van der Waals surface area (Å²) in [7, 11) is 0. The molecule has 1 aliphatic rings. The van der Waals surface area contributed by atoms with E-state index in [1.165, 1.54) is 12.3 Å². The van der Waals surface area contributed by atoms with Gasteiger partial charge in [0.25, 0.3) is 5.91 Å². The van der Waals surface area contributed by atoms with Gasteiger partial charge in [-0.3, -0.25) is 9.78 Å². The first-order valence-corrected chi connectivity index (χ1v) is 6.10. The molecule has 0 aromatic carbocycles. The van der Waals surface area contributed by atoms with Crippen LogP contribution in [0.5, 0.6) is 5.75 Å². The smallest absolute Gasteiger partial charge is 0.276 e. The third kappa shape index (κ3) is 2.14. The predicted octanol–water partition coefficient (Wildman–Crippen LogP) is 1.42. The first-order chi connectivity index (χ1) is 9.25. The third-order valence-corrected chi connectivity index (χ3v) is 3.26. The van der Waals surface area contributed by atoms with Gasteiger partial charge in [0.2, 0.25) is 0 Å². The zero-order valence-electron chi connectivity index (χ0n) is 10.2. The van der Waals surface area contributed by atoms with Crippen molar-refractivity contribution >= 4 is 5.91 Å². The zero-order valence-corrected chi connectivity index (χ0v) is 10.2. The third-order valence-electron chi connectivity index (χ3n) is 3.26. The molecular weight excluding hydrogens is 242 g/mol. The second-order valence-electron chi connectivity index (χ2n) is 4.53. The van der Waals surface area contributed by atoms with Crippen molar-refractivity contribution in [3.63, 3.8) is 0 Å². The van der Waals surface area contributed by atoms with Gasteiger partial charge in [-0.1, -0.05) is 6.07 Å². The standard InChI is InChI=1S/C14H13N3O2/c18-12-5-3-7-16-13(12)14(19)17-8-10(9-17)11-4-1-2-6-15-11/h1-7,10,18H,8-9H2. The van der Waals surface area contributed by atoms with Crippen LogP contribution in [0, 0.1) is 0 Å². The fourth-order valence-electron chi connectivity index (χ4n) is 2.16. The van der Waals surface area contributed by atoms with Crippen LogP contribution in [0.15, 0.2) is 42.7 Å². The minimum absolute atomic E-state index is 0.0752. The van der Waals surface area contributed by atoms with E-state index in [-0.39, 0.29) is 23.3 Å². The Balaban J connectivity index is 1.68. The molecule has 96 valence electrons. The van der Waals surface area contributed by atoms with Crippen LogP contribution >= 0.6 is 0 Å². The van der Waals surface area contributed by atoms with Crippen molar-refractivity contribution in [2.45, 2.75) is 5.92 Å². The molecule has 3 heterocycles. The van der Waals surface area contributed by atoms with Crippen LogP contribution < -0.4 is 0 Å². The Bertz CT molecular complexity index is 595. The fourth-order valence-corrected chi connectivity index (χ4v) is 2.16. The molecule has 1 N–H and O–H groups in total. The number of hydrogen-bond acceptors (Lipinski definition) is 4. The Labute approximate surface area is 110 Å². The lowest BCUT2D eigenvalue weighted by Crippen LogP contribution is -2.48. The van der Waals surface area contributed by atoms with E-state index in [1.54, 1.807) is 17.2 Å². The number of nitrogens with zero attached hydrogens (tertiary/aromatic N) is 3. The Morgan fingerprint density at radius 3 is 2.63 bits per heavy atom. The van der Waals surface area contributed by atoms with Gasteiger partial charge in [-0.05, 0) is 24.3 Å². The van der Waals surface area contributed by atoms with Crippen molar-refractivity contribution in [3.8, 4) is 5.75 Å². The molecule has 2 aromatic rings. The Kier molecular flexibility index (Phi) is 2.87. The molecule has 0 radical (unpaired) electrons. The van der Waals surface area contributed by atoms with Crippen LogP contribution in [0.1, 0.15) is 22.1 Å². The topological polar surface area (TPSA) is 66.3 Å². The number of aromatic nitrogens is 2. The molecule has 1 saturated heterocycles. The first kappa shape index (κ1) is 11.6. The minimum atomic E-state index is -0.231. The molecule has 0 bridgehead atoms. The Morgan fingerprint density at radius 1 is 1.16 bits per heavy atom. The van der Waals surface area contributed by atoms with E-state index in [0.29, 0.717) is 13.1 Å². The molecule has 0 aliphatic carbocycles. The van der Waals surface area contributed by atoms with Crippen molar-refractivity contribution < 1.29 is 9.90 Å². The minimum Gasteiger partial charge on any atom is -0.505 e. The van der Waals surface area contributed by atoms with Crippen molar-refractivity contribution in [3.05, 3.63) is 54.1 Å². The largest absolute Gasteiger partial charge is 0.505 e. The van der Waals surface area contributed by atoms with Crippen LogP contribution in [-0.2, 0) is 0 Å². The highest BCUT2D eigenvalue weighted by Crippen LogP contribution is 2.27. The van der Waals surface area contributed by atoms with E-state index < -0.39 is 0 Å². The van der Waals surface area contributed by atoms with Gasteiger partial charge in [0.05, 0.1) is 0 Å². The van der Waals surface area contributed by atoms with Crippen molar-refractivity contribution in [1.29, 1.82) is 0 Å². The number of hydrogen-bond donors (Lipinski definition) is 1. The summed E-state index contributed by atoms with van der Waals surface area (Å²) in [6, 6.07) is 8.84. The van der Waals surface area contributed by atoms with Crippen LogP contribution in [0.4, 0.5) is 0 Å². The van der Waals surface area contributed by atoms with Gasteiger partial charge in [0.1, 0.15) is 5.75 Å². The summed E-state index contributed by atoms with van der Waals surface area (Å²) in [4.78, 5) is 22.0. The second-order valence-corrected chi connectivity index (χ2v) is 4.53. The molecule has 1 aliphatic heterocycles. The van der Waals surface area contributed by atoms with Crippen LogP contribution in [-0.4, -0.2) is 39.0 Å². The highest BCUT2D eigenvalue weighted by molar-refractivity contribution is 5.95. The van der Waals surface area contributed by atoms with E-state index in [0.717, 1.165) is 5.69 Å². The number of carbonyl (C=O) groups excluding carboxylic acids is 1. The quantitative estimate of drug-likeness (QED) is 0.881. The van der Waals surface area contributed by atoms with Crippen LogP contribution in [0.25, 0.3) is 0 Å². The molecule has 1 amide bonds. The monoisotopic (exact) mass is 255 g/mol. The van der Waals surface area contributed by atoms with Gasteiger partial charge < -0.3 is 10.0 Å². The SMILES string of the molecule is O=C(c1ncccc1O)N1CC(c2ccccn2)C1. The average molecular weight is 255 g/mol. The van der Waals surface area contributed by atoms with E-state index in [4.69, 9.17) is 0 Å². The molecule has 5 nitrogen and oxygen atoms in total. The highest BCUT2D eigenvalue weighted by atomic mass is 16.3. The van der Waals surface area contributed by atoms with Gasteiger partial charge in [-0.25, -0.2) is 4.98 Å². The molecule has 0 saturated carbocycles. The molecule has 0 spiro atoms. The summed E-state index contributed by atoms with van der Waals surface area (Å²) >= 11 is 0. The number of rotatable bonds is 2. The molecule has 19 heavy (non-hydrogen) atoms. The first-order valence-electron chi connectivity index (χ1n) is 6.10. The molecule has 1 fully saturated rings. The van der Waals surface area contributed by atoms with E-state index in [2.05, 4.69) is 9.97 Å². The average Bonchev–Trinajstić information content (AvgIpc) is 2.38. The lowest BCUT2D eigenvalue weighted by atomic mass is 9.95. The number of carbonyl (C=O) groups is 1. The maximum Gasteiger partial charge on any atom is 0.276 e. The summed E-state index contributed by atoms with van der Waals surface area (Å²) in [5.74, 6) is -0.0323. The highest BCUT2D eigenvalue weighted by Gasteiger charge is 2.34. The molecule has 0 unspecified atom stereocenters. The van der Waals surface area contributed by atoms with Gasteiger partial charge >= 0.3 is 0 Å². The van der Waals surface area contributed by atoms with Gasteiger partial charge in [0, 0.05) is 37.1 Å². The molecule has 3 rings (SSSR count). The Hall–Kier alpha value is -2.43. The maximum absolute atomic E-state index is 12.1. The lowest BCUT2D eigenvalue weighted by molar-refractivity contribution is 0.0589. The molecule has 2 aromatic heterocycles. The molecular formula is C14H13N3O2. The van der Waals surface area contributed by atoms with Crippen LogP contribution in [0.3, 0.4) is 0 Å².